The number of halogens is 1. The molecule has 128 valence electrons. The number of ether oxygens (including phenoxy) is 2. The summed E-state index contributed by atoms with van der Waals surface area (Å²) in [5, 5.41) is 6.56. The minimum Gasteiger partial charge on any atom is -0.383 e. The number of aliphatic imine (C=N–C) groups is 1. The summed E-state index contributed by atoms with van der Waals surface area (Å²) in [6.45, 7) is 8.40. The lowest BCUT2D eigenvalue weighted by molar-refractivity contribution is 0.145. The van der Waals surface area contributed by atoms with Gasteiger partial charge >= 0.3 is 0 Å². The van der Waals surface area contributed by atoms with E-state index in [4.69, 9.17) is 9.47 Å². The number of guanidine groups is 1. The molecule has 0 bridgehead atoms. The Morgan fingerprint density at radius 2 is 2.09 bits per heavy atom. The van der Waals surface area contributed by atoms with Gasteiger partial charge < -0.3 is 20.1 Å². The van der Waals surface area contributed by atoms with E-state index in [0.29, 0.717) is 13.2 Å². The molecule has 6 nitrogen and oxygen atoms in total. The molecule has 0 saturated heterocycles. The average Bonchev–Trinajstić information content (AvgIpc) is 2.89. The van der Waals surface area contributed by atoms with Gasteiger partial charge in [-0.2, -0.15) is 0 Å². The summed E-state index contributed by atoms with van der Waals surface area (Å²) in [7, 11) is 1.69. The van der Waals surface area contributed by atoms with Crippen LogP contribution in [0.3, 0.4) is 0 Å². The van der Waals surface area contributed by atoms with Crippen LogP contribution in [-0.4, -0.2) is 51.0 Å². The van der Waals surface area contributed by atoms with Crippen LogP contribution in [0.25, 0.3) is 0 Å². The van der Waals surface area contributed by atoms with Gasteiger partial charge in [-0.05, 0) is 20.3 Å². The second-order valence-corrected chi connectivity index (χ2v) is 5.36. The molecule has 1 aromatic heterocycles. The smallest absolute Gasteiger partial charge is 0.191 e. The molecule has 0 atom stereocenters. The van der Waals surface area contributed by atoms with E-state index >= 15 is 0 Å². The third kappa shape index (κ3) is 9.54. The highest BCUT2D eigenvalue weighted by Gasteiger charge is 2.02. The molecule has 0 fully saturated rings. The van der Waals surface area contributed by atoms with Crippen LogP contribution < -0.4 is 10.6 Å². The Morgan fingerprint density at radius 1 is 1.32 bits per heavy atom. The number of thiazole rings is 1. The summed E-state index contributed by atoms with van der Waals surface area (Å²) < 4.78 is 10.4. The number of hydrogen-bond donors (Lipinski definition) is 2. The van der Waals surface area contributed by atoms with E-state index in [1.165, 1.54) is 4.88 Å². The largest absolute Gasteiger partial charge is 0.383 e. The Morgan fingerprint density at radius 3 is 2.73 bits per heavy atom. The van der Waals surface area contributed by atoms with Gasteiger partial charge in [-0.1, -0.05) is 0 Å². The molecule has 0 unspecified atom stereocenters. The van der Waals surface area contributed by atoms with Gasteiger partial charge in [0.15, 0.2) is 5.96 Å². The summed E-state index contributed by atoms with van der Waals surface area (Å²) >= 11 is 1.64. The quantitative estimate of drug-likeness (QED) is 0.252. The van der Waals surface area contributed by atoms with Crippen LogP contribution in [-0.2, 0) is 16.0 Å². The van der Waals surface area contributed by atoms with E-state index in [2.05, 4.69) is 20.6 Å². The summed E-state index contributed by atoms with van der Waals surface area (Å²) in [5.41, 5.74) is 2.91. The molecular formula is C14H27IN4O2S. The lowest BCUT2D eigenvalue weighted by Gasteiger charge is -2.12. The van der Waals surface area contributed by atoms with Crippen LogP contribution >= 0.6 is 35.3 Å². The first-order valence-corrected chi connectivity index (χ1v) is 8.13. The van der Waals surface area contributed by atoms with Crippen molar-refractivity contribution in [3.8, 4) is 0 Å². The monoisotopic (exact) mass is 442 g/mol. The molecule has 1 aromatic rings. The van der Waals surface area contributed by atoms with Crippen molar-refractivity contribution in [1.29, 1.82) is 0 Å². The van der Waals surface area contributed by atoms with E-state index in [9.17, 15) is 0 Å². The first kappa shape index (κ1) is 21.6. The fourth-order valence-electron chi connectivity index (χ4n) is 1.60. The van der Waals surface area contributed by atoms with Crippen molar-refractivity contribution >= 4 is 41.3 Å². The Hall–Kier alpha value is -0.450. The molecule has 0 aliphatic rings. The molecule has 0 aliphatic heterocycles. The Bertz CT molecular complexity index is 415. The SMILES string of the molecule is CCOCCCNC(=NCc1scnc1C)NCCOC.I. The molecule has 0 saturated carbocycles. The van der Waals surface area contributed by atoms with E-state index in [1.807, 2.05) is 19.4 Å². The normalized spacial score (nSPS) is 11.1. The zero-order valence-electron chi connectivity index (χ0n) is 13.6. The van der Waals surface area contributed by atoms with Crippen molar-refractivity contribution in [3.05, 3.63) is 16.1 Å². The molecule has 0 aliphatic carbocycles. The van der Waals surface area contributed by atoms with Crippen molar-refractivity contribution in [2.24, 2.45) is 4.99 Å². The van der Waals surface area contributed by atoms with Crippen LogP contribution in [0.15, 0.2) is 10.5 Å². The molecule has 0 aromatic carbocycles. The highest BCUT2D eigenvalue weighted by atomic mass is 127. The Balaban J connectivity index is 0.00000441. The maximum Gasteiger partial charge on any atom is 0.191 e. The Labute approximate surface area is 154 Å². The van der Waals surface area contributed by atoms with Crippen LogP contribution in [0.2, 0.25) is 0 Å². The molecule has 0 spiro atoms. The van der Waals surface area contributed by atoms with Crippen molar-refractivity contribution in [2.75, 3.05) is 40.0 Å². The van der Waals surface area contributed by atoms with Gasteiger partial charge in [-0.15, -0.1) is 35.3 Å². The second kappa shape index (κ2) is 14.2. The predicted molar refractivity (Wildman–Crippen MR) is 102 cm³/mol. The summed E-state index contributed by atoms with van der Waals surface area (Å²) in [5.74, 6) is 0.802. The molecule has 1 heterocycles. The van der Waals surface area contributed by atoms with Crippen LogP contribution in [0.5, 0.6) is 0 Å². The highest BCUT2D eigenvalue weighted by Crippen LogP contribution is 2.12. The van der Waals surface area contributed by atoms with Crippen molar-refractivity contribution in [2.45, 2.75) is 26.8 Å². The number of methoxy groups -OCH3 is 1. The topological polar surface area (TPSA) is 67.8 Å². The van der Waals surface area contributed by atoms with Crippen molar-refractivity contribution in [1.82, 2.24) is 15.6 Å². The van der Waals surface area contributed by atoms with Crippen LogP contribution in [0, 0.1) is 6.92 Å². The zero-order valence-corrected chi connectivity index (χ0v) is 16.7. The first-order valence-electron chi connectivity index (χ1n) is 7.25. The lowest BCUT2D eigenvalue weighted by Crippen LogP contribution is -2.39. The van der Waals surface area contributed by atoms with Crippen LogP contribution in [0.1, 0.15) is 23.9 Å². The number of aryl methyl sites for hydroxylation is 1. The van der Waals surface area contributed by atoms with Gasteiger partial charge in [-0.25, -0.2) is 9.98 Å². The van der Waals surface area contributed by atoms with Gasteiger partial charge in [0.05, 0.1) is 24.4 Å². The summed E-state index contributed by atoms with van der Waals surface area (Å²) in [6, 6.07) is 0. The third-order valence-electron chi connectivity index (χ3n) is 2.79. The first-order chi connectivity index (χ1) is 10.3. The number of rotatable bonds is 10. The van der Waals surface area contributed by atoms with E-state index in [0.717, 1.165) is 44.4 Å². The van der Waals surface area contributed by atoms with Gasteiger partial charge in [-0.3, -0.25) is 0 Å². The molecular weight excluding hydrogens is 415 g/mol. The summed E-state index contributed by atoms with van der Waals surface area (Å²) in [6.07, 6.45) is 0.957. The zero-order chi connectivity index (χ0) is 15.3. The molecule has 22 heavy (non-hydrogen) atoms. The molecule has 1 rings (SSSR count). The number of nitrogens with zero attached hydrogens (tertiary/aromatic N) is 2. The van der Waals surface area contributed by atoms with Gasteiger partial charge in [0.1, 0.15) is 0 Å². The molecule has 8 heteroatoms. The lowest BCUT2D eigenvalue weighted by atomic mass is 10.4. The van der Waals surface area contributed by atoms with Crippen LogP contribution in [0.4, 0.5) is 0 Å². The Kier molecular flexibility index (Phi) is 13.9. The maximum atomic E-state index is 5.32. The minimum absolute atomic E-state index is 0. The highest BCUT2D eigenvalue weighted by molar-refractivity contribution is 14.0. The second-order valence-electron chi connectivity index (χ2n) is 4.42. The molecule has 0 radical (unpaired) electrons. The van der Waals surface area contributed by atoms with Gasteiger partial charge in [0, 0.05) is 38.3 Å². The molecule has 2 N–H and O–H groups in total. The minimum atomic E-state index is 0. The standard InChI is InChI=1S/C14H26N4O2S.HI/c1-4-20-8-5-6-15-14(16-7-9-19-3)17-10-13-12(2)18-11-21-13;/h11H,4-10H2,1-3H3,(H2,15,16,17);1H. The summed E-state index contributed by atoms with van der Waals surface area (Å²) in [4.78, 5) is 10.0. The fraction of sp³-hybridized carbons (Fsp3) is 0.714. The number of nitrogens with one attached hydrogen (secondary N) is 2. The number of hydrogen-bond acceptors (Lipinski definition) is 5. The van der Waals surface area contributed by atoms with Crippen molar-refractivity contribution < 1.29 is 9.47 Å². The third-order valence-corrected chi connectivity index (χ3v) is 3.71. The van der Waals surface area contributed by atoms with Gasteiger partial charge in [0.25, 0.3) is 0 Å². The van der Waals surface area contributed by atoms with Gasteiger partial charge in [0.2, 0.25) is 0 Å². The predicted octanol–water partition coefficient (Wildman–Crippen LogP) is 2.18. The van der Waals surface area contributed by atoms with E-state index in [1.54, 1.807) is 18.4 Å². The fourth-order valence-corrected chi connectivity index (χ4v) is 2.30. The maximum absolute atomic E-state index is 5.32. The number of aromatic nitrogens is 1. The van der Waals surface area contributed by atoms with Crippen molar-refractivity contribution in [3.63, 3.8) is 0 Å². The van der Waals surface area contributed by atoms with E-state index < -0.39 is 0 Å². The molecule has 0 amide bonds. The van der Waals surface area contributed by atoms with E-state index in [-0.39, 0.29) is 24.0 Å². The average molecular weight is 442 g/mol.